The zero-order chi connectivity index (χ0) is 13.3. The lowest BCUT2D eigenvalue weighted by Gasteiger charge is -2.52. The first kappa shape index (κ1) is 13.4. The maximum Gasteiger partial charge on any atom is 0.122 e. The summed E-state index contributed by atoms with van der Waals surface area (Å²) in [6, 6.07) is 6.29. The van der Waals surface area contributed by atoms with E-state index in [0.717, 1.165) is 25.0 Å². The Labute approximate surface area is 110 Å². The van der Waals surface area contributed by atoms with Gasteiger partial charge >= 0.3 is 0 Å². The van der Waals surface area contributed by atoms with Gasteiger partial charge in [-0.05, 0) is 43.9 Å². The number of aliphatic hydroxyl groups is 1. The molecule has 0 heterocycles. The van der Waals surface area contributed by atoms with Crippen LogP contribution in [0.4, 0.5) is 0 Å². The van der Waals surface area contributed by atoms with E-state index in [1.807, 2.05) is 0 Å². The molecule has 1 saturated carbocycles. The molecule has 0 bridgehead atoms. The van der Waals surface area contributed by atoms with E-state index in [-0.39, 0.29) is 17.6 Å². The van der Waals surface area contributed by atoms with Crippen molar-refractivity contribution >= 4 is 0 Å². The fraction of sp³-hybridized carbons (Fsp3) is 0.625. The van der Waals surface area contributed by atoms with Crippen molar-refractivity contribution in [2.45, 2.75) is 59.2 Å². The van der Waals surface area contributed by atoms with Gasteiger partial charge in [0.2, 0.25) is 0 Å². The number of aryl methyl sites for hydroxylation is 2. The van der Waals surface area contributed by atoms with Gasteiger partial charge in [0.25, 0.3) is 0 Å². The average Bonchev–Trinajstić information content (AvgIpc) is 2.35. The van der Waals surface area contributed by atoms with Gasteiger partial charge in [0.05, 0.1) is 6.10 Å². The van der Waals surface area contributed by atoms with E-state index >= 15 is 0 Å². The summed E-state index contributed by atoms with van der Waals surface area (Å²) in [4.78, 5) is 0. The van der Waals surface area contributed by atoms with Crippen molar-refractivity contribution < 1.29 is 9.84 Å². The maximum atomic E-state index is 10.1. The lowest BCUT2D eigenvalue weighted by atomic mass is 9.60. The molecule has 0 saturated heterocycles. The van der Waals surface area contributed by atoms with Crippen LogP contribution in [0.5, 0.6) is 5.75 Å². The van der Waals surface area contributed by atoms with Gasteiger partial charge in [-0.1, -0.05) is 26.0 Å². The predicted molar refractivity (Wildman–Crippen MR) is 74.0 cm³/mol. The Kier molecular flexibility index (Phi) is 3.67. The highest BCUT2D eigenvalue weighted by Gasteiger charge is 2.53. The molecule has 0 amide bonds. The molecular weight excluding hydrogens is 224 g/mol. The minimum absolute atomic E-state index is 0.0455. The molecule has 2 atom stereocenters. The molecule has 0 aliphatic heterocycles. The summed E-state index contributed by atoms with van der Waals surface area (Å²) in [6.07, 6.45) is 2.65. The standard InChI is InChI=1S/C16H24O2/c1-5-16(6-2)14(17)10-15(16)18-13-9-11(3)7-8-12(13)4/h7-9,14-15,17H,5-6,10H2,1-4H3. The normalized spacial score (nSPS) is 25.6. The molecule has 2 nitrogen and oxygen atoms in total. The third-order valence-electron chi connectivity index (χ3n) is 4.67. The van der Waals surface area contributed by atoms with Crippen LogP contribution in [0.25, 0.3) is 0 Å². The summed E-state index contributed by atoms with van der Waals surface area (Å²) in [5.41, 5.74) is 2.34. The fourth-order valence-electron chi connectivity index (χ4n) is 3.06. The van der Waals surface area contributed by atoms with Crippen molar-refractivity contribution in [2.75, 3.05) is 0 Å². The molecule has 1 aromatic rings. The number of ether oxygens (including phenoxy) is 1. The highest BCUT2D eigenvalue weighted by molar-refractivity contribution is 5.36. The Morgan fingerprint density at radius 2 is 1.94 bits per heavy atom. The van der Waals surface area contributed by atoms with E-state index in [1.54, 1.807) is 0 Å². The second-order valence-electron chi connectivity index (χ2n) is 5.57. The Balaban J connectivity index is 2.17. The Hall–Kier alpha value is -1.02. The smallest absolute Gasteiger partial charge is 0.122 e. The summed E-state index contributed by atoms with van der Waals surface area (Å²) in [6.45, 7) is 8.44. The number of benzene rings is 1. The molecule has 2 unspecified atom stereocenters. The van der Waals surface area contributed by atoms with Crippen molar-refractivity contribution in [1.82, 2.24) is 0 Å². The summed E-state index contributed by atoms with van der Waals surface area (Å²) in [5.74, 6) is 0.971. The van der Waals surface area contributed by atoms with E-state index < -0.39 is 0 Å². The molecule has 1 fully saturated rings. The Morgan fingerprint density at radius 1 is 1.28 bits per heavy atom. The van der Waals surface area contributed by atoms with Crippen molar-refractivity contribution in [1.29, 1.82) is 0 Å². The van der Waals surface area contributed by atoms with Crippen LogP contribution in [0.3, 0.4) is 0 Å². The zero-order valence-electron chi connectivity index (χ0n) is 11.9. The predicted octanol–water partition coefficient (Wildman–Crippen LogP) is 3.62. The van der Waals surface area contributed by atoms with Crippen molar-refractivity contribution in [3.8, 4) is 5.75 Å². The summed E-state index contributed by atoms with van der Waals surface area (Å²) < 4.78 is 6.17. The minimum Gasteiger partial charge on any atom is -0.489 e. The van der Waals surface area contributed by atoms with Crippen LogP contribution in [-0.2, 0) is 0 Å². The minimum atomic E-state index is -0.206. The zero-order valence-corrected chi connectivity index (χ0v) is 11.9. The molecule has 1 aromatic carbocycles. The van der Waals surface area contributed by atoms with Crippen molar-refractivity contribution in [3.05, 3.63) is 29.3 Å². The maximum absolute atomic E-state index is 10.1. The van der Waals surface area contributed by atoms with E-state index in [0.29, 0.717) is 0 Å². The summed E-state index contributed by atoms with van der Waals surface area (Å²) in [7, 11) is 0. The topological polar surface area (TPSA) is 29.5 Å². The van der Waals surface area contributed by atoms with E-state index in [2.05, 4.69) is 45.9 Å². The SMILES string of the molecule is CCC1(CC)C(O)CC1Oc1cc(C)ccc1C. The molecule has 0 radical (unpaired) electrons. The highest BCUT2D eigenvalue weighted by Crippen LogP contribution is 2.49. The first-order chi connectivity index (χ1) is 8.53. The highest BCUT2D eigenvalue weighted by atomic mass is 16.5. The molecule has 0 aromatic heterocycles. The molecule has 2 heteroatoms. The van der Waals surface area contributed by atoms with Crippen LogP contribution in [0, 0.1) is 19.3 Å². The van der Waals surface area contributed by atoms with Gasteiger partial charge in [-0.15, -0.1) is 0 Å². The second-order valence-corrected chi connectivity index (χ2v) is 5.57. The monoisotopic (exact) mass is 248 g/mol. The van der Waals surface area contributed by atoms with E-state index in [9.17, 15) is 5.11 Å². The molecule has 1 N–H and O–H groups in total. The van der Waals surface area contributed by atoms with Gasteiger partial charge in [0, 0.05) is 11.8 Å². The first-order valence-electron chi connectivity index (χ1n) is 6.95. The Morgan fingerprint density at radius 3 is 2.50 bits per heavy atom. The summed E-state index contributed by atoms with van der Waals surface area (Å²) >= 11 is 0. The van der Waals surface area contributed by atoms with Gasteiger partial charge in [0.1, 0.15) is 11.9 Å². The Bertz CT molecular complexity index is 421. The second kappa shape index (κ2) is 4.93. The third-order valence-corrected chi connectivity index (χ3v) is 4.67. The first-order valence-corrected chi connectivity index (χ1v) is 6.95. The molecule has 2 rings (SSSR count). The van der Waals surface area contributed by atoms with Gasteiger partial charge in [-0.3, -0.25) is 0 Å². The average molecular weight is 248 g/mol. The lowest BCUT2D eigenvalue weighted by Crippen LogP contribution is -2.59. The van der Waals surface area contributed by atoms with Crippen molar-refractivity contribution in [2.24, 2.45) is 5.41 Å². The molecular formula is C16H24O2. The van der Waals surface area contributed by atoms with Crippen LogP contribution >= 0.6 is 0 Å². The number of hydrogen-bond acceptors (Lipinski definition) is 2. The van der Waals surface area contributed by atoms with Gasteiger partial charge < -0.3 is 9.84 Å². The van der Waals surface area contributed by atoms with Crippen LogP contribution in [0.15, 0.2) is 18.2 Å². The van der Waals surface area contributed by atoms with Crippen LogP contribution in [0.2, 0.25) is 0 Å². The van der Waals surface area contributed by atoms with Crippen LogP contribution < -0.4 is 4.74 Å². The molecule has 0 spiro atoms. The van der Waals surface area contributed by atoms with Gasteiger partial charge in [-0.25, -0.2) is 0 Å². The molecule has 100 valence electrons. The summed E-state index contributed by atoms with van der Waals surface area (Å²) in [5, 5.41) is 10.1. The molecule has 1 aliphatic carbocycles. The van der Waals surface area contributed by atoms with E-state index in [4.69, 9.17) is 4.74 Å². The molecule has 1 aliphatic rings. The van der Waals surface area contributed by atoms with Gasteiger partial charge in [0.15, 0.2) is 0 Å². The van der Waals surface area contributed by atoms with Gasteiger partial charge in [-0.2, -0.15) is 0 Å². The lowest BCUT2D eigenvalue weighted by molar-refractivity contribution is -0.159. The largest absolute Gasteiger partial charge is 0.489 e. The van der Waals surface area contributed by atoms with Crippen molar-refractivity contribution in [3.63, 3.8) is 0 Å². The number of aliphatic hydroxyl groups excluding tert-OH is 1. The number of hydrogen-bond donors (Lipinski definition) is 1. The molecule has 18 heavy (non-hydrogen) atoms. The quantitative estimate of drug-likeness (QED) is 0.881. The van der Waals surface area contributed by atoms with Crippen LogP contribution in [-0.4, -0.2) is 17.3 Å². The van der Waals surface area contributed by atoms with Crippen LogP contribution in [0.1, 0.15) is 44.2 Å². The van der Waals surface area contributed by atoms with E-state index in [1.165, 1.54) is 11.1 Å². The number of rotatable bonds is 4. The third kappa shape index (κ3) is 2.03. The fourth-order valence-corrected chi connectivity index (χ4v) is 3.06.